The normalized spacial score (nSPS) is 15.2. The summed E-state index contributed by atoms with van der Waals surface area (Å²) in [4.78, 5) is 15.6. The van der Waals surface area contributed by atoms with Crippen LogP contribution in [-0.2, 0) is 13.1 Å². The molecular weight excluding hydrogens is 462 g/mol. The van der Waals surface area contributed by atoms with Crippen LogP contribution in [0.5, 0.6) is 0 Å². The second-order valence-corrected chi connectivity index (χ2v) is 9.70. The lowest BCUT2D eigenvalue weighted by Crippen LogP contribution is -2.33. The van der Waals surface area contributed by atoms with Crippen LogP contribution in [0.2, 0.25) is 0 Å². The van der Waals surface area contributed by atoms with Crippen molar-refractivity contribution in [3.05, 3.63) is 122 Å². The number of thiazole rings is 1. The summed E-state index contributed by atoms with van der Waals surface area (Å²) in [5, 5.41) is 1.17. The van der Waals surface area contributed by atoms with Crippen LogP contribution < -0.4 is 24.2 Å². The van der Waals surface area contributed by atoms with Crippen molar-refractivity contribution < 1.29 is 4.57 Å². The minimum absolute atomic E-state index is 0.00937. The molecule has 0 amide bonds. The molecule has 180 valence electrons. The Morgan fingerprint density at radius 1 is 1.03 bits per heavy atom. The average molecular weight is 493 g/mol. The molecule has 0 radical (unpaired) electrons. The van der Waals surface area contributed by atoms with Gasteiger partial charge in [-0.15, -0.1) is 17.9 Å². The number of anilines is 1. The highest BCUT2D eigenvalue weighted by Crippen LogP contribution is 2.32. The zero-order valence-corrected chi connectivity index (χ0v) is 21.5. The van der Waals surface area contributed by atoms with Crippen LogP contribution in [0, 0.1) is 0 Å². The zero-order chi connectivity index (χ0) is 25.1. The van der Waals surface area contributed by atoms with Crippen LogP contribution in [0.4, 0.5) is 5.69 Å². The number of fused-ring (bicyclic) bond motifs is 2. The Balaban J connectivity index is 1.65. The molecule has 0 aliphatic carbocycles. The van der Waals surface area contributed by atoms with Gasteiger partial charge in [-0.2, -0.15) is 4.57 Å². The highest BCUT2D eigenvalue weighted by Gasteiger charge is 2.14. The number of nitrogens with zero attached hydrogens (tertiary/aromatic N) is 3. The molecule has 4 aromatic rings. The minimum atomic E-state index is 0.00937. The molecule has 2 aromatic heterocycles. The summed E-state index contributed by atoms with van der Waals surface area (Å²) in [6, 6.07) is 18.9. The lowest BCUT2D eigenvalue weighted by molar-refractivity contribution is -0.667. The first-order chi connectivity index (χ1) is 17.6. The van der Waals surface area contributed by atoms with E-state index in [4.69, 9.17) is 0 Å². The maximum atomic E-state index is 13.4. The van der Waals surface area contributed by atoms with Gasteiger partial charge in [0.2, 0.25) is 5.52 Å². The number of allylic oxidation sites excluding steroid dienone is 4. The van der Waals surface area contributed by atoms with Gasteiger partial charge in [0.1, 0.15) is 6.54 Å². The molecule has 36 heavy (non-hydrogen) atoms. The molecule has 0 fully saturated rings. The number of hydrogen-bond donors (Lipinski definition) is 0. The number of hydrogen-bond acceptors (Lipinski definition) is 3. The summed E-state index contributed by atoms with van der Waals surface area (Å²) in [7, 11) is 0. The van der Waals surface area contributed by atoms with Crippen LogP contribution in [0.3, 0.4) is 0 Å². The Labute approximate surface area is 215 Å². The maximum absolute atomic E-state index is 13.4. The van der Waals surface area contributed by atoms with Crippen molar-refractivity contribution in [1.82, 2.24) is 4.57 Å². The summed E-state index contributed by atoms with van der Waals surface area (Å²) in [5.41, 5.74) is 5.75. The highest BCUT2D eigenvalue weighted by molar-refractivity contribution is 7.07. The van der Waals surface area contributed by atoms with Crippen molar-refractivity contribution in [1.29, 1.82) is 0 Å². The van der Waals surface area contributed by atoms with Gasteiger partial charge in [-0.3, -0.25) is 9.36 Å². The van der Waals surface area contributed by atoms with Crippen molar-refractivity contribution >= 4 is 45.7 Å². The zero-order valence-electron chi connectivity index (χ0n) is 20.7. The molecule has 0 saturated heterocycles. The van der Waals surface area contributed by atoms with Gasteiger partial charge >= 0.3 is 0 Å². The van der Waals surface area contributed by atoms with E-state index < -0.39 is 0 Å². The van der Waals surface area contributed by atoms with E-state index in [1.54, 1.807) is 10.6 Å². The van der Waals surface area contributed by atoms with Gasteiger partial charge in [-0.05, 0) is 55.3 Å². The molecule has 5 rings (SSSR count). The molecule has 0 N–H and O–H groups in total. The second-order valence-electron chi connectivity index (χ2n) is 8.64. The van der Waals surface area contributed by atoms with E-state index in [0.29, 0.717) is 11.1 Å². The van der Waals surface area contributed by atoms with Gasteiger partial charge in [0.25, 0.3) is 5.56 Å². The third-order valence-electron chi connectivity index (χ3n) is 6.54. The van der Waals surface area contributed by atoms with Crippen molar-refractivity contribution in [2.45, 2.75) is 26.9 Å². The van der Waals surface area contributed by atoms with Gasteiger partial charge in [-0.25, -0.2) is 0 Å². The first-order valence-electron chi connectivity index (χ1n) is 12.3. The first-order valence-corrected chi connectivity index (χ1v) is 13.2. The van der Waals surface area contributed by atoms with E-state index in [1.165, 1.54) is 33.5 Å². The van der Waals surface area contributed by atoms with Crippen LogP contribution in [0.15, 0.2) is 96.6 Å². The van der Waals surface area contributed by atoms with E-state index in [1.807, 2.05) is 6.08 Å². The fourth-order valence-corrected chi connectivity index (χ4v) is 5.71. The van der Waals surface area contributed by atoms with Crippen molar-refractivity contribution in [2.75, 3.05) is 11.4 Å². The molecular formula is C31H30N3OS+. The van der Waals surface area contributed by atoms with Crippen molar-refractivity contribution in [3.8, 4) is 0 Å². The molecule has 5 heteroatoms. The van der Waals surface area contributed by atoms with Crippen LogP contribution in [-0.4, -0.2) is 11.1 Å². The standard InChI is InChI=1S/C31H30N3OS/c1-4-19-34-30(22-24-18-21-33(6-3)28-14-10-8-12-26(24)28)36-29(31(34)35)16-15-23-17-20-32(5-2)27-13-9-7-11-25(23)27/h4,7-18,20-22H,1,5-6,19H2,2-3H3/q+1. The monoisotopic (exact) mass is 492 g/mol. The second kappa shape index (κ2) is 10.3. The molecule has 4 nitrogen and oxygen atoms in total. The Morgan fingerprint density at radius 2 is 1.83 bits per heavy atom. The SMILES string of the molecule is C=CCn1c(=Cc2cc[n+](CC)c3ccccc23)sc(=CC=C2C=CN(CC)c3ccccc32)c1=O. The maximum Gasteiger partial charge on any atom is 0.269 e. The first kappa shape index (κ1) is 23.8. The van der Waals surface area contributed by atoms with E-state index in [9.17, 15) is 4.79 Å². The molecule has 3 heterocycles. The fourth-order valence-electron chi connectivity index (χ4n) is 4.70. The van der Waals surface area contributed by atoms with Gasteiger partial charge in [0.15, 0.2) is 6.20 Å². The highest BCUT2D eigenvalue weighted by atomic mass is 32.1. The predicted octanol–water partition coefficient (Wildman–Crippen LogP) is 4.60. The van der Waals surface area contributed by atoms with Crippen LogP contribution in [0.1, 0.15) is 25.0 Å². The average Bonchev–Trinajstić information content (AvgIpc) is 3.21. The molecule has 0 bridgehead atoms. The Kier molecular flexibility index (Phi) is 6.83. The van der Waals surface area contributed by atoms with Crippen molar-refractivity contribution in [3.63, 3.8) is 0 Å². The number of rotatable bonds is 6. The van der Waals surface area contributed by atoms with Gasteiger partial charge in [0, 0.05) is 42.7 Å². The molecule has 0 atom stereocenters. The largest absolute Gasteiger partial charge is 0.348 e. The van der Waals surface area contributed by atoms with Gasteiger partial charge in [0.05, 0.1) is 14.6 Å². The Morgan fingerprint density at radius 3 is 2.64 bits per heavy atom. The quantitative estimate of drug-likeness (QED) is 0.291. The topological polar surface area (TPSA) is 29.1 Å². The summed E-state index contributed by atoms with van der Waals surface area (Å²) in [6.07, 6.45) is 14.2. The number of pyridine rings is 1. The molecule has 2 aromatic carbocycles. The molecule has 1 aliphatic heterocycles. The van der Waals surface area contributed by atoms with Gasteiger partial charge < -0.3 is 4.90 Å². The lowest BCUT2D eigenvalue weighted by Gasteiger charge is -2.26. The number of benzene rings is 2. The van der Waals surface area contributed by atoms with Crippen LogP contribution >= 0.6 is 11.3 Å². The lowest BCUT2D eigenvalue weighted by atomic mass is 9.99. The summed E-state index contributed by atoms with van der Waals surface area (Å²) in [5.74, 6) is 0. The summed E-state index contributed by atoms with van der Waals surface area (Å²) >= 11 is 1.52. The predicted molar refractivity (Wildman–Crippen MR) is 152 cm³/mol. The molecule has 0 saturated carbocycles. The van der Waals surface area contributed by atoms with Gasteiger partial charge in [-0.1, -0.05) is 42.5 Å². The Bertz CT molecular complexity index is 1690. The molecule has 0 unspecified atom stereocenters. The van der Waals surface area contributed by atoms with Crippen LogP contribution in [0.25, 0.3) is 28.6 Å². The van der Waals surface area contributed by atoms with Crippen molar-refractivity contribution in [2.24, 2.45) is 0 Å². The third-order valence-corrected chi connectivity index (χ3v) is 7.62. The Hall–Kier alpha value is -3.96. The minimum Gasteiger partial charge on any atom is -0.348 e. The van der Waals surface area contributed by atoms with E-state index in [-0.39, 0.29) is 5.56 Å². The summed E-state index contributed by atoms with van der Waals surface area (Å²) in [6.45, 7) is 10.5. The van der Waals surface area contributed by atoms with E-state index in [2.05, 4.69) is 115 Å². The third kappa shape index (κ3) is 4.38. The fraction of sp³-hybridized carbons (Fsp3) is 0.161. The molecule has 0 spiro atoms. The number of para-hydroxylation sites is 2. The number of aryl methyl sites for hydroxylation is 1. The summed E-state index contributed by atoms with van der Waals surface area (Å²) < 4.78 is 5.67. The number of aromatic nitrogens is 2. The van der Waals surface area contributed by atoms with E-state index in [0.717, 1.165) is 28.9 Å². The van der Waals surface area contributed by atoms with E-state index >= 15 is 0 Å². The molecule has 1 aliphatic rings. The smallest absolute Gasteiger partial charge is 0.269 e.